The number of hydrogen-bond donors (Lipinski definition) is 0. The lowest BCUT2D eigenvalue weighted by Gasteiger charge is -2.27. The Morgan fingerprint density at radius 3 is 2.48 bits per heavy atom. The first-order valence-electron chi connectivity index (χ1n) is 10.7. The molecule has 0 aliphatic carbocycles. The molecule has 162 valence electrons. The van der Waals surface area contributed by atoms with Crippen molar-refractivity contribution in [2.24, 2.45) is 0 Å². The minimum Gasteiger partial charge on any atom is -0.370 e. The quantitative estimate of drug-likeness (QED) is 0.606. The van der Waals surface area contributed by atoms with Crippen molar-refractivity contribution in [2.45, 2.75) is 50.6 Å². The van der Waals surface area contributed by atoms with Gasteiger partial charge >= 0.3 is 0 Å². The number of rotatable bonds is 6. The zero-order chi connectivity index (χ0) is 21.3. The van der Waals surface area contributed by atoms with Crippen LogP contribution in [0.25, 0.3) is 11.3 Å². The molecule has 2 aliphatic rings. The zero-order valence-electron chi connectivity index (χ0n) is 17.8. The van der Waals surface area contributed by atoms with Gasteiger partial charge in [0.15, 0.2) is 5.79 Å². The summed E-state index contributed by atoms with van der Waals surface area (Å²) in [6.45, 7) is 5.27. The summed E-state index contributed by atoms with van der Waals surface area (Å²) >= 11 is 0. The molecule has 3 aromatic rings. The first-order chi connectivity index (χ1) is 15.1. The van der Waals surface area contributed by atoms with Crippen molar-refractivity contribution in [2.75, 3.05) is 13.2 Å². The second-order valence-corrected chi connectivity index (χ2v) is 8.44. The molecule has 4 atom stereocenters. The van der Waals surface area contributed by atoms with E-state index in [1.807, 2.05) is 73.3 Å². The summed E-state index contributed by atoms with van der Waals surface area (Å²) < 4.78 is 26.4. The van der Waals surface area contributed by atoms with Gasteiger partial charge < -0.3 is 18.9 Å². The minimum absolute atomic E-state index is 0.106. The molecule has 0 saturated carbocycles. The van der Waals surface area contributed by atoms with E-state index in [2.05, 4.69) is 22.4 Å². The summed E-state index contributed by atoms with van der Waals surface area (Å²) in [5.41, 5.74) is 2.96. The second-order valence-electron chi connectivity index (χ2n) is 8.44. The predicted molar refractivity (Wildman–Crippen MR) is 114 cm³/mol. The lowest BCUT2D eigenvalue weighted by atomic mass is 10.0. The molecular formula is C24H27N3O4. The van der Waals surface area contributed by atoms with Crippen molar-refractivity contribution < 1.29 is 18.9 Å². The Labute approximate surface area is 181 Å². The number of ether oxygens (including phenoxy) is 4. The van der Waals surface area contributed by atoms with E-state index in [1.165, 1.54) is 0 Å². The maximum atomic E-state index is 6.42. The largest absolute Gasteiger partial charge is 0.370 e. The van der Waals surface area contributed by atoms with E-state index in [0.29, 0.717) is 19.8 Å². The number of aromatic nitrogens is 3. The minimum atomic E-state index is -0.621. The highest BCUT2D eigenvalue weighted by molar-refractivity contribution is 5.57. The fourth-order valence-electron chi connectivity index (χ4n) is 4.19. The molecule has 0 bridgehead atoms. The van der Waals surface area contributed by atoms with Crippen LogP contribution in [0.3, 0.4) is 0 Å². The Kier molecular flexibility index (Phi) is 5.58. The smallest absolute Gasteiger partial charge is 0.163 e. The van der Waals surface area contributed by atoms with Crippen molar-refractivity contribution in [1.29, 1.82) is 0 Å². The topological polar surface area (TPSA) is 67.6 Å². The highest BCUT2D eigenvalue weighted by Crippen LogP contribution is 2.36. The highest BCUT2D eigenvalue weighted by Gasteiger charge is 2.49. The van der Waals surface area contributed by atoms with Crippen LogP contribution in [-0.2, 0) is 25.6 Å². The molecule has 0 N–H and O–H groups in total. The molecule has 2 aliphatic heterocycles. The van der Waals surface area contributed by atoms with E-state index in [1.54, 1.807) is 0 Å². The van der Waals surface area contributed by atoms with Gasteiger partial charge in [-0.1, -0.05) is 65.9 Å². The van der Waals surface area contributed by atoms with Crippen molar-refractivity contribution in [3.8, 4) is 11.3 Å². The van der Waals surface area contributed by atoms with E-state index in [9.17, 15) is 0 Å². The van der Waals surface area contributed by atoms with E-state index in [0.717, 1.165) is 16.8 Å². The second kappa shape index (κ2) is 8.51. The van der Waals surface area contributed by atoms with E-state index >= 15 is 0 Å². The van der Waals surface area contributed by atoms with Gasteiger partial charge in [0.05, 0.1) is 26.0 Å². The SMILES string of the molecule is CC1(C)OC[C@@H]([C@@H]2OC[C@H](n3cc(-c4ccccc4)nn3)[C@@H]2OCc2ccccc2)O1. The van der Waals surface area contributed by atoms with E-state index < -0.39 is 5.79 Å². The first-order valence-corrected chi connectivity index (χ1v) is 10.7. The molecule has 7 nitrogen and oxygen atoms in total. The van der Waals surface area contributed by atoms with Crippen LogP contribution in [0.1, 0.15) is 25.5 Å². The molecule has 0 spiro atoms. The van der Waals surface area contributed by atoms with Gasteiger partial charge in [-0.25, -0.2) is 4.68 Å². The fourth-order valence-corrected chi connectivity index (χ4v) is 4.19. The standard InChI is InChI=1S/C24H27N3O4/c1-24(2)30-16-21(31-24)23-22(28-14-17-9-5-3-6-10-17)20(15-29-23)27-13-19(25-26-27)18-11-7-4-8-12-18/h3-13,20-23H,14-16H2,1-2H3/t20-,21-,22-,23-/m0/s1. The van der Waals surface area contributed by atoms with Gasteiger partial charge in [0, 0.05) is 5.56 Å². The molecular weight excluding hydrogens is 394 g/mol. The van der Waals surface area contributed by atoms with E-state index in [4.69, 9.17) is 18.9 Å². The van der Waals surface area contributed by atoms with Crippen LogP contribution in [0.15, 0.2) is 66.9 Å². The van der Waals surface area contributed by atoms with Gasteiger partial charge in [-0.15, -0.1) is 5.10 Å². The van der Waals surface area contributed by atoms with Gasteiger partial charge in [-0.05, 0) is 19.4 Å². The number of hydrogen-bond acceptors (Lipinski definition) is 6. The number of nitrogens with zero attached hydrogens (tertiary/aromatic N) is 3. The van der Waals surface area contributed by atoms with Crippen molar-refractivity contribution in [3.63, 3.8) is 0 Å². The molecule has 0 radical (unpaired) electrons. The monoisotopic (exact) mass is 421 g/mol. The normalized spacial score (nSPS) is 27.5. The Balaban J connectivity index is 1.38. The van der Waals surface area contributed by atoms with Crippen LogP contribution in [0.5, 0.6) is 0 Å². The molecule has 3 heterocycles. The zero-order valence-corrected chi connectivity index (χ0v) is 17.8. The highest BCUT2D eigenvalue weighted by atomic mass is 16.8. The first kappa shape index (κ1) is 20.3. The molecule has 31 heavy (non-hydrogen) atoms. The van der Waals surface area contributed by atoms with Gasteiger partial charge in [0.1, 0.15) is 30.0 Å². The Hall–Kier alpha value is -2.58. The maximum Gasteiger partial charge on any atom is 0.163 e. The lowest BCUT2D eigenvalue weighted by molar-refractivity contribution is -0.162. The van der Waals surface area contributed by atoms with Crippen LogP contribution >= 0.6 is 0 Å². The van der Waals surface area contributed by atoms with Crippen molar-refractivity contribution in [1.82, 2.24) is 15.0 Å². The third-order valence-corrected chi connectivity index (χ3v) is 5.76. The molecule has 0 unspecified atom stereocenters. The lowest BCUT2D eigenvalue weighted by Crippen LogP contribution is -2.41. The molecule has 0 amide bonds. The fraction of sp³-hybridized carbons (Fsp3) is 0.417. The molecule has 2 aromatic carbocycles. The molecule has 7 heteroatoms. The Morgan fingerprint density at radius 2 is 1.77 bits per heavy atom. The van der Waals surface area contributed by atoms with Crippen LogP contribution in [0, 0.1) is 0 Å². The van der Waals surface area contributed by atoms with Gasteiger partial charge in [0.25, 0.3) is 0 Å². The average molecular weight is 421 g/mol. The summed E-state index contributed by atoms with van der Waals surface area (Å²) in [5.74, 6) is -0.621. The summed E-state index contributed by atoms with van der Waals surface area (Å²) in [7, 11) is 0. The third kappa shape index (κ3) is 4.41. The molecule has 1 aromatic heterocycles. The summed E-state index contributed by atoms with van der Waals surface area (Å²) in [4.78, 5) is 0. The summed E-state index contributed by atoms with van der Waals surface area (Å²) in [5, 5.41) is 8.78. The van der Waals surface area contributed by atoms with Gasteiger partial charge in [-0.3, -0.25) is 0 Å². The maximum absolute atomic E-state index is 6.42. The average Bonchev–Trinajstić information content (AvgIpc) is 3.51. The van der Waals surface area contributed by atoms with Crippen LogP contribution < -0.4 is 0 Å². The molecule has 2 saturated heterocycles. The van der Waals surface area contributed by atoms with Crippen LogP contribution in [0.2, 0.25) is 0 Å². The summed E-state index contributed by atoms with van der Waals surface area (Å²) in [6, 6.07) is 20.1. The molecule has 5 rings (SSSR count). The van der Waals surface area contributed by atoms with Crippen molar-refractivity contribution in [3.05, 3.63) is 72.4 Å². The number of benzene rings is 2. The Bertz CT molecular complexity index is 992. The summed E-state index contributed by atoms with van der Waals surface area (Å²) in [6.07, 6.45) is 1.27. The van der Waals surface area contributed by atoms with Gasteiger partial charge in [0.2, 0.25) is 0 Å². The molecule has 2 fully saturated rings. The van der Waals surface area contributed by atoms with Gasteiger partial charge in [-0.2, -0.15) is 0 Å². The van der Waals surface area contributed by atoms with Crippen LogP contribution in [-0.4, -0.2) is 52.3 Å². The van der Waals surface area contributed by atoms with E-state index in [-0.39, 0.29) is 24.4 Å². The Morgan fingerprint density at radius 1 is 1.03 bits per heavy atom. The van der Waals surface area contributed by atoms with Crippen molar-refractivity contribution >= 4 is 0 Å². The third-order valence-electron chi connectivity index (χ3n) is 5.76. The predicted octanol–water partition coefficient (Wildman–Crippen LogP) is 3.62. The van der Waals surface area contributed by atoms with Crippen LogP contribution in [0.4, 0.5) is 0 Å².